The van der Waals surface area contributed by atoms with Crippen LogP contribution in [0.25, 0.3) is 11.3 Å². The largest absolute Gasteiger partial charge is 0.550 e. The van der Waals surface area contributed by atoms with Crippen molar-refractivity contribution in [3.63, 3.8) is 0 Å². The van der Waals surface area contributed by atoms with Crippen molar-refractivity contribution in [2.24, 2.45) is 0 Å². The maximum atomic E-state index is 14.1. The molecule has 180 valence electrons. The van der Waals surface area contributed by atoms with E-state index in [9.17, 15) is 24.5 Å². The van der Waals surface area contributed by atoms with E-state index in [1.807, 2.05) is 13.8 Å². The average Bonchev–Trinajstić information content (AvgIpc) is 2.77. The van der Waals surface area contributed by atoms with Crippen molar-refractivity contribution < 1.29 is 33.6 Å². The lowest BCUT2D eigenvalue weighted by Crippen LogP contribution is -2.33. The molecule has 1 aromatic heterocycles. The van der Waals surface area contributed by atoms with Crippen molar-refractivity contribution in [3.8, 4) is 11.3 Å². The highest BCUT2D eigenvalue weighted by molar-refractivity contribution is 7.44. The Morgan fingerprint density at radius 2 is 2.00 bits per heavy atom. The van der Waals surface area contributed by atoms with Crippen LogP contribution in [-0.2, 0) is 28.6 Å². The van der Waals surface area contributed by atoms with Gasteiger partial charge in [0.2, 0.25) is 5.95 Å². The molecule has 3 atom stereocenters. The van der Waals surface area contributed by atoms with Gasteiger partial charge in [-0.15, -0.1) is 0 Å². The number of carbonyl (C=O) groups excluding carboxylic acids is 1. The van der Waals surface area contributed by atoms with Gasteiger partial charge in [0, 0.05) is 42.9 Å². The summed E-state index contributed by atoms with van der Waals surface area (Å²) < 4.78 is 22.0. The minimum Gasteiger partial charge on any atom is -0.550 e. The molecule has 0 spiro atoms. The third-order valence-corrected chi connectivity index (χ3v) is 5.60. The van der Waals surface area contributed by atoms with Gasteiger partial charge in [-0.2, -0.15) is 4.21 Å². The Morgan fingerprint density at radius 3 is 2.58 bits per heavy atom. The first-order valence-corrected chi connectivity index (χ1v) is 10.7. The fourth-order valence-electron chi connectivity index (χ4n) is 4.06. The summed E-state index contributed by atoms with van der Waals surface area (Å²) in [4.78, 5) is 25.3. The van der Waals surface area contributed by atoms with E-state index >= 15 is 0 Å². The van der Waals surface area contributed by atoms with Crippen molar-refractivity contribution in [2.75, 3.05) is 19.2 Å². The summed E-state index contributed by atoms with van der Waals surface area (Å²) in [7, 11) is 3.19. The molecule has 1 aliphatic rings. The van der Waals surface area contributed by atoms with Gasteiger partial charge in [-0.3, -0.25) is 4.84 Å². The summed E-state index contributed by atoms with van der Waals surface area (Å²) in [5.41, 5.74) is 3.48. The van der Waals surface area contributed by atoms with E-state index in [0.717, 1.165) is 11.3 Å². The van der Waals surface area contributed by atoms with E-state index in [0.29, 0.717) is 29.2 Å². The number of fused-ring (bicyclic) bond motifs is 3. The van der Waals surface area contributed by atoms with Gasteiger partial charge in [-0.25, -0.2) is 19.4 Å². The summed E-state index contributed by atoms with van der Waals surface area (Å²) in [6.45, 7) is 3.99. The number of aliphatic hydroxyl groups excluding tert-OH is 2. The van der Waals surface area contributed by atoms with Gasteiger partial charge in [0.1, 0.15) is 5.82 Å². The molecule has 2 N–H and O–H groups in total. The molecule has 9 nitrogen and oxygen atoms in total. The first-order chi connectivity index (χ1) is 15.6. The van der Waals surface area contributed by atoms with E-state index in [4.69, 9.17) is 9.05 Å². The van der Waals surface area contributed by atoms with Crippen LogP contribution >= 0.6 is 0 Å². The predicted molar refractivity (Wildman–Crippen MR) is 118 cm³/mol. The molecule has 1 aromatic carbocycles. The number of aromatic nitrogens is 2. The Labute approximate surface area is 196 Å². The molecule has 0 saturated heterocycles. The third-order valence-electron chi connectivity index (χ3n) is 5.60. The minimum atomic E-state index is -1.40. The highest BCUT2D eigenvalue weighted by atomic mass is 32.1. The van der Waals surface area contributed by atoms with Crippen LogP contribution in [0.1, 0.15) is 55.3 Å². The first-order valence-electron chi connectivity index (χ1n) is 10.3. The Morgan fingerprint density at radius 1 is 1.33 bits per heavy atom. The molecular formula is C22H27FN3O6S-. The van der Waals surface area contributed by atoms with Gasteiger partial charge in [0.05, 0.1) is 30.7 Å². The number of benzene rings is 1. The van der Waals surface area contributed by atoms with E-state index in [2.05, 4.69) is 22.5 Å². The van der Waals surface area contributed by atoms with E-state index < -0.39 is 36.3 Å². The molecular weight excluding hydrogens is 453 g/mol. The number of carbonyl (C=O) groups is 1. The van der Waals surface area contributed by atoms with Gasteiger partial charge in [-0.05, 0) is 36.1 Å². The van der Waals surface area contributed by atoms with Gasteiger partial charge >= 0.3 is 0 Å². The zero-order chi connectivity index (χ0) is 24.9. The predicted octanol–water partition coefficient (Wildman–Crippen LogP) is 0.959. The van der Waals surface area contributed by atoms with E-state index in [1.165, 1.54) is 24.3 Å². The number of aliphatic carboxylic acids is 1. The number of hydrogen-bond donors (Lipinski definition) is 2. The molecule has 1 aliphatic carbocycles. The molecule has 0 saturated carbocycles. The maximum absolute atomic E-state index is 14.1. The summed E-state index contributed by atoms with van der Waals surface area (Å²) in [5.74, 6) is -2.00. The number of carboxylic acids is 1. The number of hydroxylamine groups is 1. The molecule has 0 aliphatic heterocycles. The zero-order valence-corrected chi connectivity index (χ0v) is 19.6. The number of halogens is 1. The number of rotatable bonds is 8. The van der Waals surface area contributed by atoms with Crippen molar-refractivity contribution in [1.82, 2.24) is 9.97 Å². The van der Waals surface area contributed by atoms with Crippen LogP contribution in [-0.4, -0.2) is 56.7 Å². The van der Waals surface area contributed by atoms with Gasteiger partial charge < -0.3 is 20.1 Å². The zero-order valence-electron chi connectivity index (χ0n) is 18.8. The molecule has 11 heteroatoms. The van der Waals surface area contributed by atoms with Gasteiger partial charge in [-0.1, -0.05) is 13.8 Å². The Kier molecular flexibility index (Phi) is 9.29. The van der Waals surface area contributed by atoms with E-state index in [-0.39, 0.29) is 12.3 Å². The van der Waals surface area contributed by atoms with Crippen LogP contribution in [0.15, 0.2) is 18.2 Å². The highest BCUT2D eigenvalue weighted by Gasteiger charge is 2.35. The smallest absolute Gasteiger partial charge is 0.250 e. The molecule has 0 amide bonds. The quantitative estimate of drug-likeness (QED) is 0.526. The van der Waals surface area contributed by atoms with Gasteiger partial charge in [0.15, 0.2) is 12.5 Å². The second-order valence-electron chi connectivity index (χ2n) is 8.15. The van der Waals surface area contributed by atoms with E-state index in [1.54, 1.807) is 13.1 Å². The molecule has 2 aromatic rings. The molecule has 1 unspecified atom stereocenters. The van der Waals surface area contributed by atoms with Crippen LogP contribution in [0.4, 0.5) is 10.3 Å². The minimum absolute atomic E-state index is 0.0456. The molecule has 33 heavy (non-hydrogen) atoms. The number of nitrogens with zero attached hydrogens (tertiary/aromatic N) is 3. The second-order valence-corrected chi connectivity index (χ2v) is 8.15. The summed E-state index contributed by atoms with van der Waals surface area (Å²) in [6.07, 6.45) is -2.79. The van der Waals surface area contributed by atoms with Crippen LogP contribution < -0.4 is 10.2 Å². The van der Waals surface area contributed by atoms with Crippen LogP contribution in [0.2, 0.25) is 0 Å². The Bertz CT molecular complexity index is 993. The number of carboxylic acid groups (broad SMARTS) is 1. The number of hydrogen-bond acceptors (Lipinski definition) is 10. The number of aliphatic hydroxyl groups is 2. The van der Waals surface area contributed by atoms with Crippen molar-refractivity contribution in [1.29, 1.82) is 0 Å². The number of anilines is 1. The highest BCUT2D eigenvalue weighted by Crippen LogP contribution is 2.44. The lowest BCUT2D eigenvalue weighted by molar-refractivity contribution is -0.307. The van der Waals surface area contributed by atoms with Crippen LogP contribution in [0, 0.1) is 5.82 Å². The third kappa shape index (κ3) is 6.05. The standard InChI is InChI=1S/C22H28FN3O5.OS/c1-11(2)20-17-10-16(18(28)8-13(27)9-19(29)30)15-7-12(23)5-6-14(15)21(17)25-22(24-20)26(3)31-4;1-2/h5-7,11,13,16,18,27-28H,8-10H2,1-4H3,(H,29,30);/p-1/t13-,16?,18+;/m1./s1. The first kappa shape index (κ1) is 26.7. The monoisotopic (exact) mass is 480 g/mol. The molecule has 0 radical (unpaired) electrons. The normalized spacial score (nSPS) is 16.2. The molecule has 0 bridgehead atoms. The second kappa shape index (κ2) is 11.5. The Hall–Kier alpha value is -2.60. The SMILES string of the molecule is CON(C)c1nc2c(c(C(C)C)n1)CC([C@@H](O)C[C@@H](O)CC(=O)[O-])c1cc(F)ccc1-2.O=S. The lowest BCUT2D eigenvalue weighted by Gasteiger charge is -2.33. The fourth-order valence-corrected chi connectivity index (χ4v) is 4.06. The summed E-state index contributed by atoms with van der Waals surface area (Å²) >= 11 is 2.83. The molecule has 1 heterocycles. The lowest BCUT2D eigenvalue weighted by atomic mass is 9.75. The summed E-state index contributed by atoms with van der Waals surface area (Å²) in [6, 6.07) is 4.31. The van der Waals surface area contributed by atoms with Crippen LogP contribution in [0.5, 0.6) is 0 Å². The molecule has 3 rings (SSSR count). The van der Waals surface area contributed by atoms with Crippen molar-refractivity contribution in [2.45, 2.75) is 57.2 Å². The van der Waals surface area contributed by atoms with Gasteiger partial charge in [0.25, 0.3) is 0 Å². The Balaban J connectivity index is 0.00000187. The van der Waals surface area contributed by atoms with Crippen LogP contribution in [0.3, 0.4) is 0 Å². The maximum Gasteiger partial charge on any atom is 0.250 e. The molecule has 0 fully saturated rings. The van der Waals surface area contributed by atoms with Crippen molar-refractivity contribution in [3.05, 3.63) is 40.8 Å². The summed E-state index contributed by atoms with van der Waals surface area (Å²) in [5, 5.41) is 33.1. The van der Waals surface area contributed by atoms with Crippen molar-refractivity contribution >= 4 is 24.5 Å². The topological polar surface area (TPSA) is 136 Å². The fraction of sp³-hybridized carbons (Fsp3) is 0.500. The average molecular weight is 481 g/mol.